The van der Waals surface area contributed by atoms with Crippen molar-refractivity contribution in [1.29, 1.82) is 0 Å². The number of ether oxygens (including phenoxy) is 2. The number of hydrogen-bond acceptors (Lipinski definition) is 6. The number of rotatable bonds is 6. The minimum absolute atomic E-state index is 0.0275. The molecule has 5 nitrogen and oxygen atoms in total. The zero-order chi connectivity index (χ0) is 23.7. The van der Waals surface area contributed by atoms with Crippen molar-refractivity contribution in [1.82, 2.24) is 4.90 Å². The van der Waals surface area contributed by atoms with Crippen molar-refractivity contribution in [3.05, 3.63) is 77.9 Å². The van der Waals surface area contributed by atoms with Crippen LogP contribution >= 0.6 is 11.8 Å². The lowest BCUT2D eigenvalue weighted by molar-refractivity contribution is 0.190. The smallest absolute Gasteiger partial charge is 0.140 e. The van der Waals surface area contributed by atoms with E-state index in [1.807, 2.05) is 30.3 Å². The third-order valence-corrected chi connectivity index (χ3v) is 8.05. The second-order valence-corrected chi connectivity index (χ2v) is 10.6. The van der Waals surface area contributed by atoms with Gasteiger partial charge in [-0.25, -0.2) is 0 Å². The third kappa shape index (κ3) is 4.98. The molecule has 2 aliphatic heterocycles. The normalized spacial score (nSPS) is 24.4. The van der Waals surface area contributed by atoms with Gasteiger partial charge in [0.2, 0.25) is 0 Å². The van der Waals surface area contributed by atoms with Crippen molar-refractivity contribution >= 4 is 11.8 Å². The zero-order valence-electron chi connectivity index (χ0n) is 19.6. The fourth-order valence-corrected chi connectivity index (χ4v) is 6.29. The number of benzene rings is 3. The molecule has 2 aliphatic rings. The molecule has 2 N–H and O–H groups in total. The van der Waals surface area contributed by atoms with Gasteiger partial charge in [-0.3, -0.25) is 4.90 Å². The highest BCUT2D eigenvalue weighted by Gasteiger charge is 2.33. The molecule has 0 saturated carbocycles. The van der Waals surface area contributed by atoms with Crippen LogP contribution in [0.2, 0.25) is 0 Å². The van der Waals surface area contributed by atoms with E-state index in [2.05, 4.69) is 30.9 Å². The lowest BCUT2D eigenvalue weighted by atomic mass is 10.00. The van der Waals surface area contributed by atoms with Gasteiger partial charge in [-0.2, -0.15) is 0 Å². The van der Waals surface area contributed by atoms with E-state index >= 15 is 0 Å². The standard InChI is InChI=1S/C28H31NO4S/c1-18-15-19(2)29(17-18)13-14-32-24-10-5-20(6-11-24)27-28(21-3-7-22(30)8-4-21)34-26-16-23(31)9-12-25(26)33-27/h3-12,16,18-19,27-28,30-31H,13-15,17H2,1-2H3/t18-,19+,27-,28+/m0/s1. The maximum absolute atomic E-state index is 9.94. The summed E-state index contributed by atoms with van der Waals surface area (Å²) < 4.78 is 12.5. The predicted molar refractivity (Wildman–Crippen MR) is 135 cm³/mol. The Bertz CT molecular complexity index is 1120. The second kappa shape index (κ2) is 9.80. The Labute approximate surface area is 205 Å². The highest BCUT2D eigenvalue weighted by Crippen LogP contribution is 2.54. The summed E-state index contributed by atoms with van der Waals surface area (Å²) in [5.41, 5.74) is 2.11. The molecule has 0 aliphatic carbocycles. The van der Waals surface area contributed by atoms with E-state index in [0.29, 0.717) is 12.6 Å². The van der Waals surface area contributed by atoms with E-state index in [9.17, 15) is 10.2 Å². The van der Waals surface area contributed by atoms with Gasteiger partial charge in [-0.1, -0.05) is 31.2 Å². The van der Waals surface area contributed by atoms with Crippen LogP contribution in [0.5, 0.6) is 23.0 Å². The average Bonchev–Trinajstić information content (AvgIpc) is 3.16. The maximum Gasteiger partial charge on any atom is 0.140 e. The van der Waals surface area contributed by atoms with Crippen molar-refractivity contribution in [3.63, 3.8) is 0 Å². The average molecular weight is 478 g/mol. The summed E-state index contributed by atoms with van der Waals surface area (Å²) in [6.07, 6.45) is 1.05. The Morgan fingerprint density at radius 1 is 0.941 bits per heavy atom. The van der Waals surface area contributed by atoms with E-state index in [0.717, 1.165) is 46.5 Å². The van der Waals surface area contributed by atoms with Gasteiger partial charge in [0.25, 0.3) is 0 Å². The van der Waals surface area contributed by atoms with Gasteiger partial charge in [0.15, 0.2) is 0 Å². The van der Waals surface area contributed by atoms with Crippen molar-refractivity contribution in [3.8, 4) is 23.0 Å². The molecule has 0 aromatic heterocycles. The fraction of sp³-hybridized carbons (Fsp3) is 0.357. The van der Waals surface area contributed by atoms with Crippen molar-refractivity contribution in [2.24, 2.45) is 5.92 Å². The lowest BCUT2D eigenvalue weighted by Crippen LogP contribution is -2.31. The van der Waals surface area contributed by atoms with Crippen LogP contribution in [0.3, 0.4) is 0 Å². The number of nitrogens with zero attached hydrogens (tertiary/aromatic N) is 1. The minimum atomic E-state index is -0.215. The molecule has 1 fully saturated rings. The number of likely N-dealkylation sites (tertiary alicyclic amines) is 1. The molecule has 178 valence electrons. The van der Waals surface area contributed by atoms with Gasteiger partial charge in [0.1, 0.15) is 35.7 Å². The zero-order valence-corrected chi connectivity index (χ0v) is 20.4. The van der Waals surface area contributed by atoms with Gasteiger partial charge < -0.3 is 19.7 Å². The van der Waals surface area contributed by atoms with Gasteiger partial charge in [0, 0.05) is 19.1 Å². The molecule has 6 heteroatoms. The van der Waals surface area contributed by atoms with E-state index in [4.69, 9.17) is 9.47 Å². The summed E-state index contributed by atoms with van der Waals surface area (Å²) in [5.74, 6) is 2.84. The molecule has 1 saturated heterocycles. The lowest BCUT2D eigenvalue weighted by Gasteiger charge is -2.34. The Morgan fingerprint density at radius 2 is 1.65 bits per heavy atom. The molecule has 5 rings (SSSR count). The molecule has 0 radical (unpaired) electrons. The first-order valence-corrected chi connectivity index (χ1v) is 12.8. The monoisotopic (exact) mass is 477 g/mol. The number of phenols is 2. The van der Waals surface area contributed by atoms with Crippen LogP contribution in [0.4, 0.5) is 0 Å². The maximum atomic E-state index is 9.94. The Balaban J connectivity index is 1.32. The molecule has 0 bridgehead atoms. The molecule has 0 unspecified atom stereocenters. The predicted octanol–water partition coefficient (Wildman–Crippen LogP) is 6.17. The Morgan fingerprint density at radius 3 is 2.35 bits per heavy atom. The van der Waals surface area contributed by atoms with Gasteiger partial charge in [-0.05, 0) is 72.9 Å². The SMILES string of the molecule is C[C@H]1C[C@@H](C)N(CCOc2ccc([C@@H]3Oc4ccc(O)cc4S[C@@H]3c3ccc(O)cc3)cc2)C1. The fourth-order valence-electron chi connectivity index (χ4n) is 4.97. The van der Waals surface area contributed by atoms with Crippen LogP contribution in [0.15, 0.2) is 71.6 Å². The van der Waals surface area contributed by atoms with E-state index in [1.165, 1.54) is 6.42 Å². The van der Waals surface area contributed by atoms with Gasteiger partial charge >= 0.3 is 0 Å². The molecule has 3 aromatic carbocycles. The first kappa shape index (κ1) is 22.9. The molecule has 2 heterocycles. The summed E-state index contributed by atoms with van der Waals surface area (Å²) in [4.78, 5) is 3.41. The van der Waals surface area contributed by atoms with Gasteiger partial charge in [0.05, 0.1) is 10.1 Å². The molecular weight excluding hydrogens is 446 g/mol. The minimum Gasteiger partial charge on any atom is -0.508 e. The molecule has 0 spiro atoms. The summed E-state index contributed by atoms with van der Waals surface area (Å²) in [7, 11) is 0. The van der Waals surface area contributed by atoms with E-state index in [1.54, 1.807) is 36.0 Å². The van der Waals surface area contributed by atoms with Crippen LogP contribution in [-0.4, -0.2) is 40.9 Å². The number of phenolic OH excluding ortho intramolecular Hbond substituents is 2. The quantitative estimate of drug-likeness (QED) is 0.442. The second-order valence-electron chi connectivity index (χ2n) is 9.40. The number of aromatic hydroxyl groups is 2. The van der Waals surface area contributed by atoms with Crippen LogP contribution in [0.25, 0.3) is 0 Å². The first-order valence-electron chi connectivity index (χ1n) is 11.9. The molecule has 34 heavy (non-hydrogen) atoms. The number of hydrogen-bond donors (Lipinski definition) is 2. The van der Waals surface area contributed by atoms with Gasteiger partial charge in [-0.15, -0.1) is 11.8 Å². The highest BCUT2D eigenvalue weighted by molar-refractivity contribution is 7.99. The third-order valence-electron chi connectivity index (χ3n) is 6.70. The van der Waals surface area contributed by atoms with Crippen molar-refractivity contribution in [2.75, 3.05) is 19.7 Å². The Kier molecular flexibility index (Phi) is 6.61. The van der Waals surface area contributed by atoms with Crippen LogP contribution in [-0.2, 0) is 0 Å². The highest BCUT2D eigenvalue weighted by atomic mass is 32.2. The van der Waals surface area contributed by atoms with Crippen molar-refractivity contribution in [2.45, 2.75) is 42.6 Å². The summed E-state index contributed by atoms with van der Waals surface area (Å²) in [6.45, 7) is 7.39. The summed E-state index contributed by atoms with van der Waals surface area (Å²) >= 11 is 1.66. The largest absolute Gasteiger partial charge is 0.508 e. The van der Waals surface area contributed by atoms with E-state index in [-0.39, 0.29) is 22.9 Å². The molecule has 3 aromatic rings. The summed E-state index contributed by atoms with van der Waals surface area (Å²) in [6, 6.07) is 21.2. The molecule has 0 amide bonds. The van der Waals surface area contributed by atoms with Crippen LogP contribution in [0, 0.1) is 5.92 Å². The summed E-state index contributed by atoms with van der Waals surface area (Å²) in [5, 5.41) is 19.7. The number of thioether (sulfide) groups is 1. The molecular formula is C28H31NO4S. The molecule has 4 atom stereocenters. The Hall–Kier alpha value is -2.83. The van der Waals surface area contributed by atoms with E-state index < -0.39 is 0 Å². The van der Waals surface area contributed by atoms with Crippen molar-refractivity contribution < 1.29 is 19.7 Å². The first-order chi connectivity index (χ1) is 16.5. The topological polar surface area (TPSA) is 62.2 Å². The van der Waals surface area contributed by atoms with Crippen LogP contribution < -0.4 is 9.47 Å². The number of fused-ring (bicyclic) bond motifs is 1. The van der Waals surface area contributed by atoms with Crippen LogP contribution in [0.1, 0.15) is 42.7 Å².